The number of hydrogen-bond acceptors (Lipinski definition) is 5. The molecule has 4 rings (SSSR count). The summed E-state index contributed by atoms with van der Waals surface area (Å²) in [6.45, 7) is 0.541. The van der Waals surface area contributed by atoms with Crippen molar-refractivity contribution in [2.24, 2.45) is 5.92 Å². The maximum atomic E-state index is 12.9. The average molecular weight is 576 g/mol. The van der Waals surface area contributed by atoms with E-state index in [0.717, 1.165) is 5.56 Å². The van der Waals surface area contributed by atoms with Crippen molar-refractivity contribution in [3.63, 3.8) is 0 Å². The molecule has 1 aliphatic rings. The van der Waals surface area contributed by atoms with Crippen LogP contribution in [0.15, 0.2) is 83.8 Å². The third kappa shape index (κ3) is 7.57. The van der Waals surface area contributed by atoms with Crippen LogP contribution < -0.4 is 10.0 Å². The van der Waals surface area contributed by atoms with Crippen molar-refractivity contribution in [1.29, 1.82) is 0 Å². The standard InChI is InChI=1S/C27H30ClN3O5S2/c28-23-11-4-12-25(19-23)30-38(35,36)26-15-13-24(14-16-26)29-27(32)22-10-5-17-31(20-22)37(33,34)18-6-9-21-7-2-1-3-8-21/h1-4,7-8,11-16,19,22,30H,5-6,9-10,17-18,20H2,(H,29,32)/t22-/m0/s1. The van der Waals surface area contributed by atoms with Gasteiger partial charge in [-0.1, -0.05) is 48.0 Å². The van der Waals surface area contributed by atoms with Crippen molar-refractivity contribution < 1.29 is 21.6 Å². The highest BCUT2D eigenvalue weighted by Crippen LogP contribution is 2.24. The molecule has 38 heavy (non-hydrogen) atoms. The summed E-state index contributed by atoms with van der Waals surface area (Å²) in [5.74, 6) is -0.738. The lowest BCUT2D eigenvalue weighted by atomic mass is 9.99. The van der Waals surface area contributed by atoms with Crippen LogP contribution in [0.4, 0.5) is 11.4 Å². The van der Waals surface area contributed by atoms with Crippen LogP contribution in [-0.4, -0.2) is 45.9 Å². The molecule has 8 nitrogen and oxygen atoms in total. The van der Waals surface area contributed by atoms with Crippen molar-refractivity contribution in [1.82, 2.24) is 4.31 Å². The van der Waals surface area contributed by atoms with Gasteiger partial charge >= 0.3 is 0 Å². The van der Waals surface area contributed by atoms with E-state index < -0.39 is 26.0 Å². The molecule has 1 amide bonds. The first-order chi connectivity index (χ1) is 18.1. The molecule has 0 spiro atoms. The van der Waals surface area contributed by atoms with Crippen LogP contribution in [0.3, 0.4) is 0 Å². The van der Waals surface area contributed by atoms with E-state index in [-0.39, 0.29) is 23.1 Å². The molecule has 3 aromatic rings. The zero-order valence-corrected chi connectivity index (χ0v) is 23.1. The van der Waals surface area contributed by atoms with Gasteiger partial charge in [0.2, 0.25) is 15.9 Å². The molecule has 1 aliphatic heterocycles. The van der Waals surface area contributed by atoms with Crippen molar-refractivity contribution in [3.8, 4) is 0 Å². The number of carbonyl (C=O) groups excluding carboxylic acids is 1. The minimum absolute atomic E-state index is 0.0286. The summed E-state index contributed by atoms with van der Waals surface area (Å²) in [6, 6.07) is 21.9. The van der Waals surface area contributed by atoms with Gasteiger partial charge in [0, 0.05) is 23.8 Å². The number of anilines is 2. The Morgan fingerprint density at radius 3 is 2.37 bits per heavy atom. The van der Waals surface area contributed by atoms with Gasteiger partial charge in [0.05, 0.1) is 22.3 Å². The van der Waals surface area contributed by atoms with Gasteiger partial charge in [0.15, 0.2) is 0 Å². The van der Waals surface area contributed by atoms with Crippen LogP contribution in [0.5, 0.6) is 0 Å². The van der Waals surface area contributed by atoms with Crippen LogP contribution >= 0.6 is 11.6 Å². The molecular weight excluding hydrogens is 546 g/mol. The van der Waals surface area contributed by atoms with Crippen LogP contribution in [0.2, 0.25) is 5.02 Å². The quantitative estimate of drug-likeness (QED) is 0.362. The molecule has 0 bridgehead atoms. The monoisotopic (exact) mass is 575 g/mol. The third-order valence-electron chi connectivity index (χ3n) is 6.37. The number of nitrogens with one attached hydrogen (secondary N) is 2. The lowest BCUT2D eigenvalue weighted by Gasteiger charge is -2.31. The number of carbonyl (C=O) groups is 1. The van der Waals surface area contributed by atoms with Gasteiger partial charge in [-0.2, -0.15) is 0 Å². The Kier molecular flexibility index (Phi) is 9.09. The first-order valence-electron chi connectivity index (χ1n) is 12.3. The minimum atomic E-state index is -3.84. The Morgan fingerprint density at radius 2 is 1.66 bits per heavy atom. The Morgan fingerprint density at radius 1 is 0.921 bits per heavy atom. The molecule has 11 heteroatoms. The smallest absolute Gasteiger partial charge is 0.261 e. The fourth-order valence-corrected chi connectivity index (χ4v) is 7.19. The SMILES string of the molecule is O=C(Nc1ccc(S(=O)(=O)Nc2cccc(Cl)c2)cc1)[C@H]1CCCN(S(=O)(=O)CCCc2ccccc2)C1. The van der Waals surface area contributed by atoms with E-state index in [2.05, 4.69) is 10.0 Å². The summed E-state index contributed by atoms with van der Waals surface area (Å²) in [5, 5.41) is 3.20. The Balaban J connectivity index is 1.32. The van der Waals surface area contributed by atoms with Crippen molar-refractivity contribution in [2.75, 3.05) is 28.9 Å². The van der Waals surface area contributed by atoms with Crippen LogP contribution in [0.1, 0.15) is 24.8 Å². The normalized spacial score (nSPS) is 16.6. The highest BCUT2D eigenvalue weighted by atomic mass is 35.5. The Labute approximate surface area is 229 Å². The molecule has 0 aliphatic carbocycles. The predicted octanol–water partition coefficient (Wildman–Crippen LogP) is 4.75. The second kappa shape index (κ2) is 12.3. The van der Waals surface area contributed by atoms with Crippen LogP contribution in [0.25, 0.3) is 0 Å². The van der Waals surface area contributed by atoms with E-state index in [9.17, 15) is 21.6 Å². The van der Waals surface area contributed by atoms with Gasteiger partial charge in [-0.15, -0.1) is 0 Å². The van der Waals surface area contributed by atoms with Gasteiger partial charge in [0.1, 0.15) is 0 Å². The number of benzene rings is 3. The summed E-state index contributed by atoms with van der Waals surface area (Å²) >= 11 is 5.92. The summed E-state index contributed by atoms with van der Waals surface area (Å²) < 4.78 is 55.1. The van der Waals surface area contributed by atoms with E-state index in [1.807, 2.05) is 30.3 Å². The number of rotatable bonds is 10. The number of aryl methyl sites for hydroxylation is 1. The maximum absolute atomic E-state index is 12.9. The van der Waals surface area contributed by atoms with Crippen molar-refractivity contribution in [3.05, 3.63) is 89.4 Å². The number of piperidine rings is 1. The highest BCUT2D eigenvalue weighted by molar-refractivity contribution is 7.92. The zero-order valence-electron chi connectivity index (χ0n) is 20.7. The number of sulfonamides is 2. The van der Waals surface area contributed by atoms with Crippen LogP contribution in [0, 0.1) is 5.92 Å². The topological polar surface area (TPSA) is 113 Å². The lowest BCUT2D eigenvalue weighted by molar-refractivity contribution is -0.120. The number of amides is 1. The van der Waals surface area contributed by atoms with E-state index in [0.29, 0.717) is 48.6 Å². The first kappa shape index (κ1) is 28.1. The Bertz CT molecular complexity index is 1460. The Hall–Kier alpha value is -2.92. The summed E-state index contributed by atoms with van der Waals surface area (Å²) in [5.41, 5.74) is 1.86. The van der Waals surface area contributed by atoms with E-state index >= 15 is 0 Å². The molecule has 0 saturated carbocycles. The number of nitrogens with zero attached hydrogens (tertiary/aromatic N) is 1. The average Bonchev–Trinajstić information content (AvgIpc) is 2.89. The molecule has 0 radical (unpaired) electrons. The number of halogens is 1. The lowest BCUT2D eigenvalue weighted by Crippen LogP contribution is -2.44. The maximum Gasteiger partial charge on any atom is 0.261 e. The largest absolute Gasteiger partial charge is 0.326 e. The highest BCUT2D eigenvalue weighted by Gasteiger charge is 2.32. The van der Waals surface area contributed by atoms with E-state index in [4.69, 9.17) is 11.6 Å². The van der Waals surface area contributed by atoms with Crippen LogP contribution in [-0.2, 0) is 31.3 Å². The van der Waals surface area contributed by atoms with E-state index in [1.165, 1.54) is 34.6 Å². The molecule has 1 fully saturated rings. The van der Waals surface area contributed by atoms with Crippen molar-refractivity contribution in [2.45, 2.75) is 30.6 Å². The molecule has 0 aromatic heterocycles. The first-order valence-corrected chi connectivity index (χ1v) is 15.8. The summed E-state index contributed by atoms with van der Waals surface area (Å²) in [7, 11) is -7.31. The summed E-state index contributed by atoms with van der Waals surface area (Å²) in [6.07, 6.45) is 2.37. The second-order valence-corrected chi connectivity index (χ2v) is 13.4. The molecule has 0 unspecified atom stereocenters. The zero-order chi connectivity index (χ0) is 27.2. The molecule has 3 aromatic carbocycles. The van der Waals surface area contributed by atoms with E-state index in [1.54, 1.807) is 18.2 Å². The molecular formula is C27H30ClN3O5S2. The summed E-state index contributed by atoms with van der Waals surface area (Å²) in [4.78, 5) is 12.9. The minimum Gasteiger partial charge on any atom is -0.326 e. The van der Waals surface area contributed by atoms with Gasteiger partial charge in [-0.3, -0.25) is 9.52 Å². The second-order valence-electron chi connectivity index (χ2n) is 9.23. The molecule has 202 valence electrons. The fraction of sp³-hybridized carbons (Fsp3) is 0.296. The molecule has 1 heterocycles. The molecule has 1 atom stereocenters. The van der Waals surface area contributed by atoms with Gasteiger partial charge in [-0.25, -0.2) is 21.1 Å². The predicted molar refractivity (Wildman–Crippen MR) is 150 cm³/mol. The molecule has 1 saturated heterocycles. The third-order valence-corrected chi connectivity index (χ3v) is 9.92. The van der Waals surface area contributed by atoms with Crippen molar-refractivity contribution >= 4 is 48.9 Å². The van der Waals surface area contributed by atoms with Gasteiger partial charge < -0.3 is 5.32 Å². The van der Waals surface area contributed by atoms with Gasteiger partial charge in [-0.05, 0) is 73.7 Å². The molecule has 2 N–H and O–H groups in total. The number of hydrogen-bond donors (Lipinski definition) is 2. The fourth-order valence-electron chi connectivity index (χ4n) is 4.37. The van der Waals surface area contributed by atoms with Gasteiger partial charge in [0.25, 0.3) is 10.0 Å².